The maximum absolute atomic E-state index is 12.7. The Morgan fingerprint density at radius 2 is 1.56 bits per heavy atom. The van der Waals surface area contributed by atoms with E-state index in [1.165, 1.54) is 41.6 Å². The van der Waals surface area contributed by atoms with Gasteiger partial charge in [-0.1, -0.05) is 0 Å². The van der Waals surface area contributed by atoms with Crippen molar-refractivity contribution in [2.75, 3.05) is 35.5 Å². The minimum Gasteiger partial charge on any atom is -0.493 e. The molecule has 2 aromatic carbocycles. The van der Waals surface area contributed by atoms with Gasteiger partial charge in [0.2, 0.25) is 17.6 Å². The summed E-state index contributed by atoms with van der Waals surface area (Å²) in [6, 6.07) is 7.60. The number of carbonyl (C=O) groups excluding carboxylic acids is 2. The van der Waals surface area contributed by atoms with Crippen LogP contribution in [0.25, 0.3) is 0 Å². The Bertz CT molecular complexity index is 1050. The zero-order valence-corrected chi connectivity index (χ0v) is 18.5. The lowest BCUT2D eigenvalue weighted by Crippen LogP contribution is -2.47. The Hall–Kier alpha value is -3.95. The Morgan fingerprint density at radius 3 is 2.19 bits per heavy atom. The Balaban J connectivity index is 1.90. The standard InChI is InChI=1S/C22H25N3O7/c1-28-15-8-6-12(10-17(15)30-3)21(27)25-22-23-14(11-18(26)24-22)13-7-9-16(29-2)20(32-5)19(13)31-4/h6-10,14H,11H2,1-5H3,(H2,23,24,25,26,27)/t14-/m1/s1. The molecule has 2 N–H and O–H groups in total. The van der Waals surface area contributed by atoms with E-state index >= 15 is 0 Å². The van der Waals surface area contributed by atoms with E-state index in [2.05, 4.69) is 15.6 Å². The molecule has 32 heavy (non-hydrogen) atoms. The van der Waals surface area contributed by atoms with Gasteiger partial charge in [0.15, 0.2) is 23.0 Å². The number of rotatable bonds is 7. The van der Waals surface area contributed by atoms with Crippen LogP contribution < -0.4 is 34.3 Å². The third-order valence-corrected chi connectivity index (χ3v) is 4.89. The Kier molecular flexibility index (Phi) is 7.04. The molecule has 10 heteroatoms. The number of amides is 2. The molecule has 1 aliphatic heterocycles. The minimum absolute atomic E-state index is 0.0304. The highest BCUT2D eigenvalue weighted by Gasteiger charge is 2.28. The van der Waals surface area contributed by atoms with Crippen LogP contribution in [0.3, 0.4) is 0 Å². The molecule has 0 bridgehead atoms. The van der Waals surface area contributed by atoms with Gasteiger partial charge in [0.25, 0.3) is 5.91 Å². The smallest absolute Gasteiger partial charge is 0.258 e. The van der Waals surface area contributed by atoms with Crippen LogP contribution in [-0.4, -0.2) is 53.3 Å². The summed E-state index contributed by atoms with van der Waals surface area (Å²) in [5.41, 5.74) is 0.934. The first kappa shape index (κ1) is 22.7. The van der Waals surface area contributed by atoms with E-state index in [-0.39, 0.29) is 18.3 Å². The van der Waals surface area contributed by atoms with E-state index in [0.717, 1.165) is 0 Å². The number of nitrogens with zero attached hydrogens (tertiary/aromatic N) is 1. The molecule has 170 valence electrons. The lowest BCUT2D eigenvalue weighted by Gasteiger charge is -2.24. The van der Waals surface area contributed by atoms with Crippen molar-refractivity contribution in [3.8, 4) is 28.7 Å². The lowest BCUT2D eigenvalue weighted by atomic mass is 10.0. The molecule has 3 rings (SSSR count). The average Bonchev–Trinajstić information content (AvgIpc) is 2.81. The predicted octanol–water partition coefficient (Wildman–Crippen LogP) is 2.08. The maximum Gasteiger partial charge on any atom is 0.258 e. The van der Waals surface area contributed by atoms with Gasteiger partial charge < -0.3 is 23.7 Å². The number of hydrogen-bond donors (Lipinski definition) is 2. The number of aliphatic imine (C=N–C) groups is 1. The number of carbonyl (C=O) groups is 2. The van der Waals surface area contributed by atoms with E-state index in [0.29, 0.717) is 39.9 Å². The molecule has 0 saturated heterocycles. The summed E-state index contributed by atoms with van der Waals surface area (Å²) in [5.74, 6) is 1.44. The zero-order chi connectivity index (χ0) is 23.3. The van der Waals surface area contributed by atoms with Gasteiger partial charge in [-0.3, -0.25) is 20.2 Å². The molecular weight excluding hydrogens is 418 g/mol. The molecule has 0 spiro atoms. The molecule has 2 aromatic rings. The number of benzene rings is 2. The fraction of sp³-hybridized carbons (Fsp3) is 0.318. The fourth-order valence-corrected chi connectivity index (χ4v) is 3.38. The third kappa shape index (κ3) is 4.53. The van der Waals surface area contributed by atoms with Gasteiger partial charge in [-0.25, -0.2) is 4.99 Å². The van der Waals surface area contributed by atoms with Crippen LogP contribution in [0.15, 0.2) is 35.3 Å². The van der Waals surface area contributed by atoms with Gasteiger partial charge in [0, 0.05) is 11.1 Å². The van der Waals surface area contributed by atoms with Gasteiger partial charge >= 0.3 is 0 Å². The molecule has 0 fully saturated rings. The number of nitrogens with one attached hydrogen (secondary N) is 2. The summed E-state index contributed by atoms with van der Waals surface area (Å²) in [6.45, 7) is 0. The molecule has 0 unspecified atom stereocenters. The van der Waals surface area contributed by atoms with Crippen molar-refractivity contribution in [2.24, 2.45) is 4.99 Å². The van der Waals surface area contributed by atoms with Crippen LogP contribution in [0.1, 0.15) is 28.4 Å². The van der Waals surface area contributed by atoms with Crippen molar-refractivity contribution in [3.05, 3.63) is 41.5 Å². The van der Waals surface area contributed by atoms with Crippen LogP contribution in [-0.2, 0) is 4.79 Å². The fourth-order valence-electron chi connectivity index (χ4n) is 3.38. The van der Waals surface area contributed by atoms with Crippen molar-refractivity contribution in [2.45, 2.75) is 12.5 Å². The highest BCUT2D eigenvalue weighted by atomic mass is 16.5. The molecule has 0 saturated carbocycles. The summed E-state index contributed by atoms with van der Waals surface area (Å²) in [4.78, 5) is 29.6. The lowest BCUT2D eigenvalue weighted by molar-refractivity contribution is -0.120. The molecule has 0 radical (unpaired) electrons. The third-order valence-electron chi connectivity index (χ3n) is 4.89. The average molecular weight is 443 g/mol. The number of guanidine groups is 1. The zero-order valence-electron chi connectivity index (χ0n) is 18.5. The second kappa shape index (κ2) is 9.90. The molecule has 0 aliphatic carbocycles. The van der Waals surface area contributed by atoms with Gasteiger partial charge in [0.05, 0.1) is 48.0 Å². The molecule has 1 heterocycles. The summed E-state index contributed by atoms with van der Waals surface area (Å²) >= 11 is 0. The van der Waals surface area contributed by atoms with E-state index in [4.69, 9.17) is 23.7 Å². The van der Waals surface area contributed by atoms with Crippen molar-refractivity contribution >= 4 is 17.8 Å². The van der Waals surface area contributed by atoms with Crippen molar-refractivity contribution in [1.82, 2.24) is 10.6 Å². The maximum atomic E-state index is 12.7. The van der Waals surface area contributed by atoms with Crippen LogP contribution in [0.4, 0.5) is 0 Å². The second-order valence-electron chi connectivity index (χ2n) is 6.69. The van der Waals surface area contributed by atoms with Gasteiger partial charge in [-0.2, -0.15) is 0 Å². The van der Waals surface area contributed by atoms with Crippen LogP contribution >= 0.6 is 0 Å². The predicted molar refractivity (Wildman–Crippen MR) is 116 cm³/mol. The molecular formula is C22H25N3O7. The van der Waals surface area contributed by atoms with Crippen LogP contribution in [0.2, 0.25) is 0 Å². The summed E-state index contributed by atoms with van der Waals surface area (Å²) < 4.78 is 26.7. The van der Waals surface area contributed by atoms with Crippen molar-refractivity contribution < 1.29 is 33.3 Å². The Labute approximate surface area is 185 Å². The monoisotopic (exact) mass is 443 g/mol. The Morgan fingerprint density at radius 1 is 0.906 bits per heavy atom. The van der Waals surface area contributed by atoms with Gasteiger partial charge in [-0.05, 0) is 30.3 Å². The molecule has 0 aromatic heterocycles. The van der Waals surface area contributed by atoms with Crippen molar-refractivity contribution in [3.63, 3.8) is 0 Å². The highest BCUT2D eigenvalue weighted by Crippen LogP contribution is 2.44. The van der Waals surface area contributed by atoms with E-state index in [1.807, 2.05) is 0 Å². The largest absolute Gasteiger partial charge is 0.493 e. The molecule has 10 nitrogen and oxygen atoms in total. The quantitative estimate of drug-likeness (QED) is 0.673. The molecule has 1 atom stereocenters. The minimum atomic E-state index is -0.598. The van der Waals surface area contributed by atoms with E-state index in [1.54, 1.807) is 24.3 Å². The topological polar surface area (TPSA) is 117 Å². The van der Waals surface area contributed by atoms with Crippen LogP contribution in [0, 0.1) is 0 Å². The normalized spacial score (nSPS) is 15.2. The first-order valence-electron chi connectivity index (χ1n) is 9.65. The second-order valence-corrected chi connectivity index (χ2v) is 6.69. The highest BCUT2D eigenvalue weighted by molar-refractivity contribution is 6.10. The number of ether oxygens (including phenoxy) is 5. The van der Waals surface area contributed by atoms with Crippen molar-refractivity contribution in [1.29, 1.82) is 0 Å². The van der Waals surface area contributed by atoms with Crippen LogP contribution in [0.5, 0.6) is 28.7 Å². The summed E-state index contributed by atoms with van der Waals surface area (Å²) in [5, 5.41) is 5.21. The van der Waals surface area contributed by atoms with E-state index in [9.17, 15) is 9.59 Å². The van der Waals surface area contributed by atoms with Gasteiger partial charge in [0.1, 0.15) is 0 Å². The summed E-state index contributed by atoms with van der Waals surface area (Å²) in [6.07, 6.45) is 0.0710. The first-order chi connectivity index (χ1) is 15.4. The number of methoxy groups -OCH3 is 5. The van der Waals surface area contributed by atoms with Gasteiger partial charge in [-0.15, -0.1) is 0 Å². The number of hydrogen-bond acceptors (Lipinski definition) is 8. The SMILES string of the molecule is COc1ccc(C(=O)NC2=N[C@@H](c3ccc(OC)c(OC)c3OC)CC(=O)N2)cc1OC. The summed E-state index contributed by atoms with van der Waals surface area (Å²) in [7, 11) is 7.49. The van der Waals surface area contributed by atoms with E-state index < -0.39 is 11.9 Å². The molecule has 1 aliphatic rings. The molecule has 2 amide bonds. The first-order valence-corrected chi connectivity index (χ1v) is 9.65.